The minimum absolute atomic E-state index is 0.180. The van der Waals surface area contributed by atoms with Gasteiger partial charge in [-0.15, -0.1) is 39.7 Å². The van der Waals surface area contributed by atoms with Gasteiger partial charge in [0.2, 0.25) is 0 Å². The second-order valence-electron chi connectivity index (χ2n) is 14.8. The van der Waals surface area contributed by atoms with E-state index in [1.165, 1.54) is 95.2 Å². The van der Waals surface area contributed by atoms with E-state index in [4.69, 9.17) is 17.0 Å². The van der Waals surface area contributed by atoms with E-state index >= 15 is 0 Å². The molecule has 0 bridgehead atoms. The van der Waals surface area contributed by atoms with Crippen LogP contribution in [0.15, 0.2) is 60.7 Å². The Hall–Kier alpha value is -1.01. The van der Waals surface area contributed by atoms with Crippen molar-refractivity contribution in [3.8, 4) is 0 Å². The molecule has 2 aliphatic rings. The van der Waals surface area contributed by atoms with Crippen LogP contribution in [0.3, 0.4) is 0 Å². The zero-order valence-electron chi connectivity index (χ0n) is 29.0. The van der Waals surface area contributed by atoms with Crippen molar-refractivity contribution in [1.29, 1.82) is 0 Å². The van der Waals surface area contributed by atoms with Gasteiger partial charge in [0.25, 0.3) is 0 Å². The quantitative estimate of drug-likeness (QED) is 0.159. The maximum Gasteiger partial charge on any atom is -0.172 e. The van der Waals surface area contributed by atoms with Crippen LogP contribution >= 0.6 is 17.0 Å². The summed E-state index contributed by atoms with van der Waals surface area (Å²) in [6.45, 7) is 26.2. The summed E-state index contributed by atoms with van der Waals surface area (Å²) >= 11 is -1.85. The molecule has 2 aliphatic carbocycles. The summed E-state index contributed by atoms with van der Waals surface area (Å²) in [5.41, 5.74) is 6.06. The molecule has 0 N–H and O–H groups in total. The Kier molecular flexibility index (Phi) is 16.3. The molecule has 2 saturated carbocycles. The molecule has 4 aromatic rings. The van der Waals surface area contributed by atoms with Crippen LogP contribution in [0.2, 0.25) is 0 Å². The van der Waals surface area contributed by atoms with E-state index in [1.807, 2.05) is 30.3 Å². The van der Waals surface area contributed by atoms with Gasteiger partial charge in [-0.3, -0.25) is 0 Å². The van der Waals surface area contributed by atoms with Crippen LogP contribution in [-0.2, 0) is 29.7 Å². The predicted molar refractivity (Wildman–Crippen MR) is 199 cm³/mol. The van der Waals surface area contributed by atoms with Gasteiger partial charge < -0.3 is 13.8 Å². The number of aryl methyl sites for hydroxylation is 2. The van der Waals surface area contributed by atoms with Gasteiger partial charge in [0.05, 0.1) is 0 Å². The molecule has 4 aromatic carbocycles. The predicted octanol–water partition coefficient (Wildman–Crippen LogP) is 13.7. The SMILES string of the molecule is Cc1cc2[cH-]c3cc(C)c(C(C)(C)C)cc3c2cc1C(C)(C)C.[CH2-]C1CCCC1.[CH2-]C1CCCC1.[CH2]=[Zr]([Cl])[Cl].c1cc[cH-]c1. The summed E-state index contributed by atoms with van der Waals surface area (Å²) in [6, 6.07) is 21.9. The molecule has 0 unspecified atom stereocenters. The number of fused-ring (bicyclic) bond motifs is 3. The van der Waals surface area contributed by atoms with E-state index in [1.54, 1.807) is 0 Å². The molecule has 0 saturated heterocycles. The molecular formula is C41H58Cl2Zr-4. The van der Waals surface area contributed by atoms with Gasteiger partial charge in [0.15, 0.2) is 0 Å². The fourth-order valence-corrected chi connectivity index (χ4v) is 6.29. The average molecular weight is 713 g/mol. The Morgan fingerprint density at radius 3 is 1.20 bits per heavy atom. The first-order valence-corrected chi connectivity index (χ1v) is 24.6. The van der Waals surface area contributed by atoms with E-state index in [0.29, 0.717) is 0 Å². The van der Waals surface area contributed by atoms with Gasteiger partial charge in [-0.05, 0) is 24.7 Å². The van der Waals surface area contributed by atoms with Crippen molar-refractivity contribution >= 4 is 42.8 Å². The monoisotopic (exact) mass is 710 g/mol. The normalized spacial score (nSPS) is 15.4. The number of rotatable bonds is 0. The molecule has 0 nitrogen and oxygen atoms in total. The van der Waals surface area contributed by atoms with Gasteiger partial charge in [-0.1, -0.05) is 127 Å². The summed E-state index contributed by atoms with van der Waals surface area (Å²) in [5, 5.41) is 5.55. The molecule has 0 aromatic heterocycles. The van der Waals surface area contributed by atoms with E-state index in [-0.39, 0.29) is 10.8 Å². The smallest absolute Gasteiger partial charge is 0.172 e. The average Bonchev–Trinajstić information content (AvgIpc) is 3.72. The zero-order valence-corrected chi connectivity index (χ0v) is 32.9. The van der Waals surface area contributed by atoms with Crippen molar-refractivity contribution in [2.75, 3.05) is 0 Å². The fraction of sp³-hybridized carbons (Fsp3) is 0.488. The van der Waals surface area contributed by atoms with Crippen LogP contribution in [0.25, 0.3) is 21.5 Å². The molecule has 0 spiro atoms. The van der Waals surface area contributed by atoms with Crippen molar-refractivity contribution in [1.82, 2.24) is 0 Å². The van der Waals surface area contributed by atoms with E-state index in [2.05, 4.69) is 104 Å². The molecule has 44 heavy (non-hydrogen) atoms. The van der Waals surface area contributed by atoms with E-state index < -0.39 is 18.9 Å². The van der Waals surface area contributed by atoms with Crippen molar-refractivity contribution in [2.24, 2.45) is 11.8 Å². The van der Waals surface area contributed by atoms with Crippen LogP contribution in [0, 0.1) is 39.5 Å². The topological polar surface area (TPSA) is 0 Å². The van der Waals surface area contributed by atoms with E-state index in [0.717, 1.165) is 11.8 Å². The third-order valence-electron chi connectivity index (χ3n) is 8.52. The maximum absolute atomic E-state index is 5.13. The van der Waals surface area contributed by atoms with Crippen LogP contribution in [0.1, 0.15) is 115 Å². The van der Waals surface area contributed by atoms with Crippen LogP contribution in [-0.4, -0.2) is 4.21 Å². The maximum atomic E-state index is 5.13. The van der Waals surface area contributed by atoms with E-state index in [9.17, 15) is 0 Å². The molecule has 0 heterocycles. The molecule has 0 aliphatic heterocycles. The molecule has 244 valence electrons. The Morgan fingerprint density at radius 1 is 0.682 bits per heavy atom. The van der Waals surface area contributed by atoms with Crippen molar-refractivity contribution in [3.05, 3.63) is 96.8 Å². The number of benzene rings is 2. The van der Waals surface area contributed by atoms with Crippen molar-refractivity contribution in [3.63, 3.8) is 0 Å². The first-order chi connectivity index (χ1) is 20.5. The molecule has 0 atom stereocenters. The molecule has 3 heteroatoms. The Morgan fingerprint density at radius 2 is 1.00 bits per heavy atom. The van der Waals surface area contributed by atoms with Gasteiger partial charge in [0.1, 0.15) is 0 Å². The third-order valence-corrected chi connectivity index (χ3v) is 8.52. The van der Waals surface area contributed by atoms with Gasteiger partial charge in [-0.2, -0.15) is 30.0 Å². The Balaban J connectivity index is 0.000000256. The molecular weight excluding hydrogens is 655 g/mol. The number of hydrogen-bond donors (Lipinski definition) is 0. The molecule has 6 rings (SSSR count). The fourth-order valence-electron chi connectivity index (χ4n) is 6.29. The van der Waals surface area contributed by atoms with Gasteiger partial charge in [-0.25, -0.2) is 12.1 Å². The van der Waals surface area contributed by atoms with Crippen molar-refractivity contribution in [2.45, 2.75) is 118 Å². The molecule has 0 amide bonds. The summed E-state index contributed by atoms with van der Waals surface area (Å²) in [6.07, 6.45) is 11.2. The first-order valence-electron chi connectivity index (χ1n) is 16.5. The molecule has 0 radical (unpaired) electrons. The second kappa shape index (κ2) is 18.4. The third kappa shape index (κ3) is 13.4. The van der Waals surface area contributed by atoms with Gasteiger partial charge >= 0.3 is 40.1 Å². The largest absolute Gasteiger partial charge is 0.214 e. The summed E-state index contributed by atoms with van der Waals surface area (Å²) < 4.78 is 3.37. The zero-order chi connectivity index (χ0) is 33.1. The minimum Gasteiger partial charge on any atom is -0.214 e. The standard InChI is InChI=1S/C23H29.2C6H11.C5H5.CH2.2ClH.Zr/c1-14-9-16-11-17-10-15(2)21(23(6,7)8)13-19(17)18(16)12-20(14)22(3,4)5;2*1-6-4-2-3-5-6;1-2-4-5-3-1;;;;/h9-13H,1-8H3;2*6H,1-5H2;1-5H;1H2;2*1H;/q4*-1;;;;+2/p-2. The Bertz CT molecular complexity index is 1290. The van der Waals surface area contributed by atoms with Crippen molar-refractivity contribution < 1.29 is 18.9 Å². The molecule has 2 fully saturated rings. The van der Waals surface area contributed by atoms with Crippen LogP contribution in [0.4, 0.5) is 0 Å². The summed E-state index contributed by atoms with van der Waals surface area (Å²) in [5.74, 6) is 1.59. The van der Waals surface area contributed by atoms with Gasteiger partial charge in [0, 0.05) is 0 Å². The number of halogens is 2. The number of hydrogen-bond acceptors (Lipinski definition) is 0. The summed E-state index contributed by atoms with van der Waals surface area (Å²) in [4.78, 5) is 0. The van der Waals surface area contributed by atoms with Crippen LogP contribution < -0.4 is 0 Å². The first kappa shape index (κ1) is 39.2. The summed E-state index contributed by atoms with van der Waals surface area (Å²) in [7, 11) is 10.3. The van der Waals surface area contributed by atoms with Crippen LogP contribution in [0.5, 0.6) is 0 Å². The minimum atomic E-state index is -1.85. The Labute approximate surface area is 285 Å². The second-order valence-corrected chi connectivity index (χ2v) is 23.0.